The number of hydrogen-bond acceptors (Lipinski definition) is 4. The van der Waals surface area contributed by atoms with Gasteiger partial charge in [-0.2, -0.15) is 0 Å². The summed E-state index contributed by atoms with van der Waals surface area (Å²) in [4.78, 5) is 14.1. The smallest absolute Gasteiger partial charge is 0.261 e. The average molecular weight is 250 g/mol. The number of carbonyl (C=O) groups excluding carboxylic acids is 1. The molecule has 18 heavy (non-hydrogen) atoms. The highest BCUT2D eigenvalue weighted by molar-refractivity contribution is 5.99. The lowest BCUT2D eigenvalue weighted by molar-refractivity contribution is 0.0471. The zero-order valence-electron chi connectivity index (χ0n) is 10.6. The molecule has 5 heteroatoms. The van der Waals surface area contributed by atoms with Crippen molar-refractivity contribution in [3.8, 4) is 11.5 Å². The zero-order valence-corrected chi connectivity index (χ0v) is 10.6. The third-order valence-corrected chi connectivity index (χ3v) is 3.28. The minimum atomic E-state index is -0.343. The van der Waals surface area contributed by atoms with Crippen LogP contribution >= 0.6 is 0 Å². The highest BCUT2D eigenvalue weighted by Gasteiger charge is 2.35. The summed E-state index contributed by atoms with van der Waals surface area (Å²) in [5.74, 6) is -0.708. The number of nitrogens with one attached hydrogen (secondary N) is 1. The summed E-state index contributed by atoms with van der Waals surface area (Å²) in [7, 11) is 0. The van der Waals surface area contributed by atoms with Crippen LogP contribution in [0.5, 0.6) is 11.5 Å². The Bertz CT molecular complexity index is 451. The Hall–Kier alpha value is -1.75. The van der Waals surface area contributed by atoms with Gasteiger partial charge in [0.05, 0.1) is 5.54 Å². The summed E-state index contributed by atoms with van der Waals surface area (Å²) in [6.07, 6.45) is 0. The minimum Gasteiger partial charge on any atom is -0.507 e. The number of amides is 1. The van der Waals surface area contributed by atoms with Gasteiger partial charge >= 0.3 is 0 Å². The number of rotatable bonds is 1. The van der Waals surface area contributed by atoms with Gasteiger partial charge in [0.25, 0.3) is 5.91 Å². The number of benzene rings is 1. The summed E-state index contributed by atoms with van der Waals surface area (Å²) < 4.78 is 0. The van der Waals surface area contributed by atoms with Crippen molar-refractivity contribution < 1.29 is 15.0 Å². The summed E-state index contributed by atoms with van der Waals surface area (Å²) in [5, 5.41) is 22.7. The molecule has 2 rings (SSSR count). The molecule has 1 heterocycles. The van der Waals surface area contributed by atoms with Gasteiger partial charge in [-0.25, -0.2) is 0 Å². The summed E-state index contributed by atoms with van der Waals surface area (Å²) in [6, 6.07) is 4.31. The van der Waals surface area contributed by atoms with E-state index in [0.717, 1.165) is 0 Å². The quantitative estimate of drug-likeness (QED) is 0.693. The first-order valence-corrected chi connectivity index (χ1v) is 5.97. The second-order valence-corrected chi connectivity index (χ2v) is 5.12. The first-order valence-electron chi connectivity index (χ1n) is 5.97. The molecule has 0 radical (unpaired) electrons. The fourth-order valence-electron chi connectivity index (χ4n) is 2.24. The Labute approximate surface area is 106 Å². The third-order valence-electron chi connectivity index (χ3n) is 3.28. The van der Waals surface area contributed by atoms with Crippen molar-refractivity contribution in [2.24, 2.45) is 0 Å². The van der Waals surface area contributed by atoms with E-state index in [4.69, 9.17) is 0 Å². The highest BCUT2D eigenvalue weighted by Crippen LogP contribution is 2.30. The molecule has 0 aliphatic carbocycles. The number of piperazine rings is 1. The van der Waals surface area contributed by atoms with Crippen molar-refractivity contribution in [1.29, 1.82) is 0 Å². The van der Waals surface area contributed by atoms with Crippen LogP contribution in [0, 0.1) is 0 Å². The van der Waals surface area contributed by atoms with Gasteiger partial charge in [-0.1, -0.05) is 6.07 Å². The van der Waals surface area contributed by atoms with Gasteiger partial charge in [0, 0.05) is 19.6 Å². The van der Waals surface area contributed by atoms with Crippen molar-refractivity contribution >= 4 is 5.91 Å². The van der Waals surface area contributed by atoms with Crippen molar-refractivity contribution in [1.82, 2.24) is 10.2 Å². The zero-order chi connectivity index (χ0) is 13.3. The Morgan fingerprint density at radius 1 is 1.33 bits per heavy atom. The molecular weight excluding hydrogens is 232 g/mol. The van der Waals surface area contributed by atoms with E-state index in [1.54, 1.807) is 4.90 Å². The Kier molecular flexibility index (Phi) is 3.17. The number of phenolic OH excluding ortho intramolecular Hbond substituents is 2. The topological polar surface area (TPSA) is 72.8 Å². The van der Waals surface area contributed by atoms with E-state index in [1.807, 2.05) is 13.8 Å². The fourth-order valence-corrected chi connectivity index (χ4v) is 2.24. The number of hydrogen-bond donors (Lipinski definition) is 3. The van der Waals surface area contributed by atoms with Crippen LogP contribution < -0.4 is 5.32 Å². The average Bonchev–Trinajstić information content (AvgIpc) is 2.27. The third kappa shape index (κ3) is 2.13. The van der Waals surface area contributed by atoms with E-state index in [-0.39, 0.29) is 28.5 Å². The van der Waals surface area contributed by atoms with Crippen molar-refractivity contribution in [3.63, 3.8) is 0 Å². The van der Waals surface area contributed by atoms with Gasteiger partial charge in [0.1, 0.15) is 17.1 Å². The normalized spacial score (nSPS) is 18.7. The lowest BCUT2D eigenvalue weighted by atomic mass is 9.98. The molecule has 0 spiro atoms. The largest absolute Gasteiger partial charge is 0.507 e. The monoisotopic (exact) mass is 250 g/mol. The Morgan fingerprint density at radius 3 is 2.50 bits per heavy atom. The summed E-state index contributed by atoms with van der Waals surface area (Å²) in [6.45, 7) is 5.86. The predicted molar refractivity (Wildman–Crippen MR) is 67.8 cm³/mol. The van der Waals surface area contributed by atoms with Crippen LogP contribution in [0.2, 0.25) is 0 Å². The molecule has 1 fully saturated rings. The van der Waals surface area contributed by atoms with Crippen LogP contribution in [-0.2, 0) is 0 Å². The van der Waals surface area contributed by atoms with E-state index < -0.39 is 0 Å². The minimum absolute atomic E-state index is 0.0209. The Morgan fingerprint density at radius 2 is 1.94 bits per heavy atom. The van der Waals surface area contributed by atoms with E-state index in [1.165, 1.54) is 18.2 Å². The van der Waals surface area contributed by atoms with Crippen LogP contribution in [0.25, 0.3) is 0 Å². The van der Waals surface area contributed by atoms with Gasteiger partial charge in [-0.05, 0) is 26.0 Å². The molecule has 0 bridgehead atoms. The van der Waals surface area contributed by atoms with Crippen molar-refractivity contribution in [3.05, 3.63) is 23.8 Å². The molecule has 0 unspecified atom stereocenters. The number of carbonyl (C=O) groups is 1. The maximum Gasteiger partial charge on any atom is 0.261 e. The van der Waals surface area contributed by atoms with Crippen LogP contribution in [0.3, 0.4) is 0 Å². The molecule has 1 amide bonds. The van der Waals surface area contributed by atoms with E-state index in [9.17, 15) is 15.0 Å². The SMILES string of the molecule is CC1(C)CNCCN1C(=O)c1c(O)cccc1O. The molecule has 5 nitrogen and oxygen atoms in total. The van der Waals surface area contributed by atoms with Crippen LogP contribution in [-0.4, -0.2) is 46.2 Å². The molecule has 1 aromatic rings. The van der Waals surface area contributed by atoms with Crippen LogP contribution in [0.1, 0.15) is 24.2 Å². The van der Waals surface area contributed by atoms with E-state index in [0.29, 0.717) is 19.6 Å². The standard InChI is InChI=1S/C13H18N2O3/c1-13(2)8-14-6-7-15(13)12(18)11-9(16)4-3-5-10(11)17/h3-5,14,16-17H,6-8H2,1-2H3. The second-order valence-electron chi connectivity index (χ2n) is 5.12. The van der Waals surface area contributed by atoms with E-state index >= 15 is 0 Å². The van der Waals surface area contributed by atoms with Crippen molar-refractivity contribution in [2.75, 3.05) is 19.6 Å². The fraction of sp³-hybridized carbons (Fsp3) is 0.462. The maximum absolute atomic E-state index is 12.4. The number of phenols is 2. The number of aromatic hydroxyl groups is 2. The first-order chi connectivity index (χ1) is 8.43. The molecule has 3 N–H and O–H groups in total. The lowest BCUT2D eigenvalue weighted by Crippen LogP contribution is -2.59. The van der Waals surface area contributed by atoms with Gasteiger partial charge < -0.3 is 20.4 Å². The molecular formula is C13H18N2O3. The van der Waals surface area contributed by atoms with Crippen LogP contribution in [0.4, 0.5) is 0 Å². The van der Waals surface area contributed by atoms with Gasteiger partial charge in [0.2, 0.25) is 0 Å². The maximum atomic E-state index is 12.4. The van der Waals surface area contributed by atoms with Crippen LogP contribution in [0.15, 0.2) is 18.2 Å². The molecule has 1 aromatic carbocycles. The molecule has 1 aliphatic rings. The highest BCUT2D eigenvalue weighted by atomic mass is 16.3. The van der Waals surface area contributed by atoms with E-state index in [2.05, 4.69) is 5.32 Å². The van der Waals surface area contributed by atoms with Gasteiger partial charge in [-0.3, -0.25) is 4.79 Å². The molecule has 0 atom stereocenters. The lowest BCUT2D eigenvalue weighted by Gasteiger charge is -2.42. The second kappa shape index (κ2) is 4.49. The van der Waals surface area contributed by atoms with Gasteiger partial charge in [0.15, 0.2) is 0 Å². The summed E-state index contributed by atoms with van der Waals surface area (Å²) in [5.41, 5.74) is -0.364. The Balaban J connectivity index is 2.36. The molecule has 1 saturated heterocycles. The summed E-state index contributed by atoms with van der Waals surface area (Å²) >= 11 is 0. The number of nitrogens with zero attached hydrogens (tertiary/aromatic N) is 1. The first kappa shape index (κ1) is 12.7. The molecule has 0 aromatic heterocycles. The molecule has 0 saturated carbocycles. The predicted octanol–water partition coefficient (Wildman–Crippen LogP) is 0.922. The van der Waals surface area contributed by atoms with Crippen molar-refractivity contribution in [2.45, 2.75) is 19.4 Å². The molecule has 98 valence electrons. The van der Waals surface area contributed by atoms with Gasteiger partial charge in [-0.15, -0.1) is 0 Å². The molecule has 1 aliphatic heterocycles.